The summed E-state index contributed by atoms with van der Waals surface area (Å²) < 4.78 is 43.5. The maximum atomic E-state index is 13.6. The number of sulfonamides is 1. The maximum absolute atomic E-state index is 13.6. The van der Waals surface area contributed by atoms with Crippen LogP contribution in [-0.2, 0) is 37.3 Å². The quantitative estimate of drug-likeness (QED) is 0.350. The van der Waals surface area contributed by atoms with E-state index in [0.29, 0.717) is 44.2 Å². The Morgan fingerprint density at radius 3 is 2.17 bits per heavy atom. The lowest BCUT2D eigenvalue weighted by atomic mass is 10.0. The molecular formula is C30H35N3O7S. The zero-order valence-corrected chi connectivity index (χ0v) is 24.0. The van der Waals surface area contributed by atoms with E-state index in [-0.39, 0.29) is 24.0 Å². The Morgan fingerprint density at radius 2 is 1.56 bits per heavy atom. The van der Waals surface area contributed by atoms with Crippen molar-refractivity contribution < 1.29 is 32.2 Å². The third-order valence-corrected chi connectivity index (χ3v) is 8.74. The number of benzene rings is 3. The Balaban J connectivity index is 1.51. The molecule has 1 aliphatic rings. The molecule has 218 valence electrons. The number of methoxy groups -OCH3 is 1. The number of likely N-dealkylation sites (N-methyl/N-ethyl adjacent to an activating group) is 1. The predicted octanol–water partition coefficient (Wildman–Crippen LogP) is 2.48. The molecule has 1 unspecified atom stereocenters. The molecule has 0 aromatic heterocycles. The van der Waals surface area contributed by atoms with Gasteiger partial charge in [0, 0.05) is 33.1 Å². The van der Waals surface area contributed by atoms with Gasteiger partial charge in [0.05, 0.1) is 25.2 Å². The van der Waals surface area contributed by atoms with E-state index < -0.39 is 22.0 Å². The summed E-state index contributed by atoms with van der Waals surface area (Å²) in [6, 6.07) is 22.0. The fourth-order valence-electron chi connectivity index (χ4n) is 4.52. The molecule has 0 spiro atoms. The molecular weight excluding hydrogens is 546 g/mol. The Bertz CT molecular complexity index is 1390. The van der Waals surface area contributed by atoms with Gasteiger partial charge in [-0.2, -0.15) is 4.31 Å². The molecule has 1 fully saturated rings. The van der Waals surface area contributed by atoms with Crippen molar-refractivity contribution in [1.82, 2.24) is 14.5 Å². The molecule has 1 N–H and O–H groups in total. The average Bonchev–Trinajstić information content (AvgIpc) is 3.02. The summed E-state index contributed by atoms with van der Waals surface area (Å²) in [7, 11) is -0.529. The van der Waals surface area contributed by atoms with Crippen LogP contribution in [0.3, 0.4) is 0 Å². The first-order chi connectivity index (χ1) is 19.8. The van der Waals surface area contributed by atoms with E-state index in [1.807, 2.05) is 42.5 Å². The molecule has 0 bridgehead atoms. The van der Waals surface area contributed by atoms with E-state index in [1.54, 1.807) is 26.3 Å². The van der Waals surface area contributed by atoms with Crippen molar-refractivity contribution in [1.29, 1.82) is 0 Å². The van der Waals surface area contributed by atoms with Gasteiger partial charge >= 0.3 is 0 Å². The second kappa shape index (κ2) is 14.1. The van der Waals surface area contributed by atoms with Gasteiger partial charge in [0.2, 0.25) is 15.9 Å². The van der Waals surface area contributed by atoms with Crippen LogP contribution in [0.25, 0.3) is 0 Å². The van der Waals surface area contributed by atoms with E-state index >= 15 is 0 Å². The molecule has 1 atom stereocenters. The van der Waals surface area contributed by atoms with Crippen molar-refractivity contribution in [2.24, 2.45) is 0 Å². The number of morpholine rings is 1. The van der Waals surface area contributed by atoms with Crippen molar-refractivity contribution in [3.05, 3.63) is 90.0 Å². The smallest absolute Gasteiger partial charge is 0.261 e. The largest absolute Gasteiger partial charge is 0.497 e. The maximum Gasteiger partial charge on any atom is 0.261 e. The van der Waals surface area contributed by atoms with Gasteiger partial charge in [-0.15, -0.1) is 0 Å². The number of carbonyl (C=O) groups is 2. The van der Waals surface area contributed by atoms with Crippen molar-refractivity contribution in [2.75, 3.05) is 47.1 Å². The molecule has 10 nitrogen and oxygen atoms in total. The fraction of sp³-hybridized carbons (Fsp3) is 0.333. The summed E-state index contributed by atoms with van der Waals surface area (Å²) in [6.45, 7) is 1.15. The lowest BCUT2D eigenvalue weighted by Gasteiger charge is -2.31. The lowest BCUT2D eigenvalue weighted by Crippen LogP contribution is -2.51. The summed E-state index contributed by atoms with van der Waals surface area (Å²) in [5, 5.41) is 2.68. The van der Waals surface area contributed by atoms with E-state index in [9.17, 15) is 18.0 Å². The third-order valence-electron chi connectivity index (χ3n) is 6.82. The first-order valence-corrected chi connectivity index (χ1v) is 14.7. The van der Waals surface area contributed by atoms with Crippen LogP contribution in [0, 0.1) is 0 Å². The normalized spacial score (nSPS) is 14.6. The predicted molar refractivity (Wildman–Crippen MR) is 153 cm³/mol. The molecule has 1 saturated heterocycles. The first-order valence-electron chi connectivity index (χ1n) is 13.3. The van der Waals surface area contributed by atoms with Crippen molar-refractivity contribution in [2.45, 2.75) is 23.9 Å². The number of rotatable bonds is 12. The number of hydrogen-bond donors (Lipinski definition) is 1. The lowest BCUT2D eigenvalue weighted by molar-refractivity contribution is -0.142. The minimum atomic E-state index is -3.65. The summed E-state index contributed by atoms with van der Waals surface area (Å²) in [5.41, 5.74) is 1.73. The van der Waals surface area contributed by atoms with Crippen molar-refractivity contribution in [3.63, 3.8) is 0 Å². The molecule has 0 radical (unpaired) electrons. The van der Waals surface area contributed by atoms with Gasteiger partial charge < -0.3 is 24.4 Å². The van der Waals surface area contributed by atoms with Crippen LogP contribution in [0.5, 0.6) is 11.5 Å². The molecule has 0 saturated carbocycles. The van der Waals surface area contributed by atoms with Crippen LogP contribution in [0.15, 0.2) is 83.8 Å². The zero-order chi connectivity index (χ0) is 29.2. The van der Waals surface area contributed by atoms with E-state index in [0.717, 1.165) is 11.1 Å². The van der Waals surface area contributed by atoms with E-state index in [2.05, 4.69) is 5.32 Å². The Labute approximate surface area is 240 Å². The molecule has 2 amide bonds. The van der Waals surface area contributed by atoms with E-state index in [4.69, 9.17) is 14.2 Å². The number of hydrogen-bond acceptors (Lipinski definition) is 7. The van der Waals surface area contributed by atoms with Crippen LogP contribution in [0.4, 0.5) is 0 Å². The summed E-state index contributed by atoms with van der Waals surface area (Å²) in [5.74, 6) is 0.327. The summed E-state index contributed by atoms with van der Waals surface area (Å²) >= 11 is 0. The van der Waals surface area contributed by atoms with Gasteiger partial charge in [-0.05, 0) is 47.5 Å². The van der Waals surface area contributed by atoms with Crippen molar-refractivity contribution in [3.8, 4) is 11.5 Å². The monoisotopic (exact) mass is 581 g/mol. The number of nitrogens with zero attached hydrogens (tertiary/aromatic N) is 2. The molecule has 41 heavy (non-hydrogen) atoms. The van der Waals surface area contributed by atoms with Gasteiger partial charge in [0.15, 0.2) is 6.61 Å². The Kier molecular flexibility index (Phi) is 10.3. The first kappa shape index (κ1) is 30.0. The number of amides is 2. The SMILES string of the molecule is CNC(=O)C(Cc1ccccc1)N(Cc1ccc(OC)cc1)C(=O)COc1ccc(S(=O)(=O)N2CCOCC2)cc1. The Hall–Kier alpha value is -3.93. The number of ether oxygens (including phenoxy) is 3. The van der Waals surface area contributed by atoms with Gasteiger partial charge in [0.25, 0.3) is 5.91 Å². The molecule has 1 aliphatic heterocycles. The molecule has 11 heteroatoms. The second-order valence-electron chi connectivity index (χ2n) is 9.47. The molecule has 0 aliphatic carbocycles. The van der Waals surface area contributed by atoms with Gasteiger partial charge in [-0.1, -0.05) is 42.5 Å². The van der Waals surface area contributed by atoms with Crippen LogP contribution in [0.1, 0.15) is 11.1 Å². The van der Waals surface area contributed by atoms with Crippen LogP contribution >= 0.6 is 0 Å². The molecule has 4 rings (SSSR count). The van der Waals surface area contributed by atoms with Crippen molar-refractivity contribution >= 4 is 21.8 Å². The Morgan fingerprint density at radius 1 is 0.927 bits per heavy atom. The topological polar surface area (TPSA) is 114 Å². The average molecular weight is 582 g/mol. The fourth-order valence-corrected chi connectivity index (χ4v) is 5.93. The summed E-state index contributed by atoms with van der Waals surface area (Å²) in [6.07, 6.45) is 0.316. The van der Waals surface area contributed by atoms with E-state index in [1.165, 1.54) is 33.5 Å². The minimum Gasteiger partial charge on any atom is -0.497 e. The standard InChI is InChI=1S/C30H35N3O7S/c1-31-30(35)28(20-23-6-4-3-5-7-23)33(21-24-8-10-25(38-2)11-9-24)29(34)22-40-26-12-14-27(15-13-26)41(36,37)32-16-18-39-19-17-32/h3-15,28H,16-22H2,1-2H3,(H,31,35). The summed E-state index contributed by atoms with van der Waals surface area (Å²) in [4.78, 5) is 28.3. The highest BCUT2D eigenvalue weighted by atomic mass is 32.2. The number of carbonyl (C=O) groups excluding carboxylic acids is 2. The second-order valence-corrected chi connectivity index (χ2v) is 11.4. The highest BCUT2D eigenvalue weighted by Crippen LogP contribution is 2.22. The highest BCUT2D eigenvalue weighted by molar-refractivity contribution is 7.89. The van der Waals surface area contributed by atoms with Gasteiger partial charge in [-0.3, -0.25) is 9.59 Å². The van der Waals surface area contributed by atoms with Crippen LogP contribution < -0.4 is 14.8 Å². The van der Waals surface area contributed by atoms with Gasteiger partial charge in [-0.25, -0.2) is 8.42 Å². The third kappa shape index (κ3) is 7.84. The van der Waals surface area contributed by atoms with Crippen LogP contribution in [-0.4, -0.2) is 82.5 Å². The zero-order valence-electron chi connectivity index (χ0n) is 23.2. The molecule has 3 aromatic rings. The number of nitrogens with one attached hydrogen (secondary N) is 1. The minimum absolute atomic E-state index is 0.141. The van der Waals surface area contributed by atoms with Crippen LogP contribution in [0.2, 0.25) is 0 Å². The van der Waals surface area contributed by atoms with Gasteiger partial charge in [0.1, 0.15) is 17.5 Å². The highest BCUT2D eigenvalue weighted by Gasteiger charge is 2.30. The molecule has 3 aromatic carbocycles. The molecule has 1 heterocycles.